The third-order valence-corrected chi connectivity index (χ3v) is 4.33. The third kappa shape index (κ3) is 4.08. The molecule has 0 amide bonds. The second kappa shape index (κ2) is 7.68. The van der Waals surface area contributed by atoms with E-state index in [-0.39, 0.29) is 0 Å². The average Bonchev–Trinajstić information content (AvgIpc) is 2.97. The van der Waals surface area contributed by atoms with Gasteiger partial charge in [-0.2, -0.15) is 0 Å². The van der Waals surface area contributed by atoms with Crippen molar-refractivity contribution < 1.29 is 0 Å². The van der Waals surface area contributed by atoms with E-state index in [1.807, 2.05) is 6.20 Å². The van der Waals surface area contributed by atoms with Crippen LogP contribution in [0, 0.1) is 0 Å². The minimum absolute atomic E-state index is 0.591. The van der Waals surface area contributed by atoms with Crippen LogP contribution >= 0.6 is 11.3 Å². The van der Waals surface area contributed by atoms with Gasteiger partial charge in [-0.1, -0.05) is 36.3 Å². The molecule has 0 spiro atoms. The van der Waals surface area contributed by atoms with E-state index < -0.39 is 0 Å². The minimum atomic E-state index is 0.591. The molecule has 20 heavy (non-hydrogen) atoms. The predicted molar refractivity (Wildman–Crippen MR) is 83.9 cm³/mol. The average molecular weight is 286 g/mol. The second-order valence-electron chi connectivity index (χ2n) is 4.59. The molecule has 104 valence electrons. The number of rotatable bonds is 7. The lowest BCUT2D eigenvalue weighted by Gasteiger charge is -2.02. The standard InChI is InChI=1S/C15H18N4S/c1-2-14-11-17-15(20-14)13-8-6-12(7-9-13)5-3-4-10-18-19-16/h6-9,11H,2-5,10H2,1H3. The number of unbranched alkanes of at least 4 members (excludes halogenated alkanes) is 1. The van der Waals surface area contributed by atoms with Gasteiger partial charge in [0.2, 0.25) is 0 Å². The van der Waals surface area contributed by atoms with Gasteiger partial charge in [-0.3, -0.25) is 0 Å². The number of azide groups is 1. The van der Waals surface area contributed by atoms with Crippen LogP contribution in [0.5, 0.6) is 0 Å². The van der Waals surface area contributed by atoms with E-state index in [9.17, 15) is 0 Å². The van der Waals surface area contributed by atoms with Gasteiger partial charge in [-0.15, -0.1) is 11.3 Å². The van der Waals surface area contributed by atoms with Crippen LogP contribution in [0.1, 0.15) is 30.2 Å². The highest BCUT2D eigenvalue weighted by Gasteiger charge is 2.03. The van der Waals surface area contributed by atoms with Gasteiger partial charge < -0.3 is 0 Å². The number of aromatic nitrogens is 1. The molecule has 0 fully saturated rings. The lowest BCUT2D eigenvalue weighted by molar-refractivity contribution is 0.742. The Hall–Kier alpha value is -1.84. The van der Waals surface area contributed by atoms with Crippen molar-refractivity contribution in [3.63, 3.8) is 0 Å². The van der Waals surface area contributed by atoms with Gasteiger partial charge in [0.25, 0.3) is 0 Å². The predicted octanol–water partition coefficient (Wildman–Crippen LogP) is 5.01. The molecular formula is C15H18N4S. The zero-order chi connectivity index (χ0) is 14.2. The maximum atomic E-state index is 8.19. The number of nitrogens with zero attached hydrogens (tertiary/aromatic N) is 4. The van der Waals surface area contributed by atoms with Crippen molar-refractivity contribution in [2.24, 2.45) is 5.11 Å². The van der Waals surface area contributed by atoms with E-state index in [2.05, 4.69) is 46.2 Å². The number of thiazole rings is 1. The van der Waals surface area contributed by atoms with Crippen molar-refractivity contribution in [1.29, 1.82) is 0 Å². The molecule has 1 aromatic heterocycles. The fourth-order valence-electron chi connectivity index (χ4n) is 1.97. The number of aryl methyl sites for hydroxylation is 2. The second-order valence-corrected chi connectivity index (χ2v) is 5.71. The summed E-state index contributed by atoms with van der Waals surface area (Å²) in [6, 6.07) is 8.61. The summed E-state index contributed by atoms with van der Waals surface area (Å²) >= 11 is 1.76. The highest BCUT2D eigenvalue weighted by atomic mass is 32.1. The van der Waals surface area contributed by atoms with Gasteiger partial charge in [0.15, 0.2) is 0 Å². The number of benzene rings is 1. The molecule has 1 aromatic carbocycles. The van der Waals surface area contributed by atoms with Gasteiger partial charge in [-0.05, 0) is 36.8 Å². The summed E-state index contributed by atoms with van der Waals surface area (Å²) < 4.78 is 0. The highest BCUT2D eigenvalue weighted by Crippen LogP contribution is 2.25. The Balaban J connectivity index is 1.90. The zero-order valence-corrected chi connectivity index (χ0v) is 12.4. The molecular weight excluding hydrogens is 268 g/mol. The first-order chi connectivity index (χ1) is 9.83. The Labute approximate surface area is 123 Å². The van der Waals surface area contributed by atoms with Crippen LogP contribution in [0.3, 0.4) is 0 Å². The van der Waals surface area contributed by atoms with Crippen LogP contribution in [-0.2, 0) is 12.8 Å². The molecule has 0 saturated heterocycles. The van der Waals surface area contributed by atoms with E-state index in [0.29, 0.717) is 6.54 Å². The molecule has 4 nitrogen and oxygen atoms in total. The van der Waals surface area contributed by atoms with Crippen molar-refractivity contribution in [3.05, 3.63) is 51.3 Å². The van der Waals surface area contributed by atoms with Gasteiger partial charge >= 0.3 is 0 Å². The number of hydrogen-bond acceptors (Lipinski definition) is 3. The van der Waals surface area contributed by atoms with Crippen molar-refractivity contribution in [2.75, 3.05) is 6.54 Å². The maximum Gasteiger partial charge on any atom is 0.123 e. The number of hydrogen-bond donors (Lipinski definition) is 0. The molecule has 0 unspecified atom stereocenters. The first kappa shape index (κ1) is 14.6. The van der Waals surface area contributed by atoms with Crippen LogP contribution in [-0.4, -0.2) is 11.5 Å². The maximum absolute atomic E-state index is 8.19. The zero-order valence-electron chi connectivity index (χ0n) is 11.6. The SMILES string of the molecule is CCc1cnc(-c2ccc(CCCCN=[N+]=[N-])cc2)s1. The Kier molecular flexibility index (Phi) is 5.59. The summed E-state index contributed by atoms with van der Waals surface area (Å²) in [4.78, 5) is 8.53. The molecule has 0 atom stereocenters. The van der Waals surface area contributed by atoms with Gasteiger partial charge in [-0.25, -0.2) is 4.98 Å². The molecule has 2 aromatic rings. The molecule has 5 heteroatoms. The van der Waals surface area contributed by atoms with Crippen molar-refractivity contribution >= 4 is 11.3 Å². The monoisotopic (exact) mass is 286 g/mol. The molecule has 0 aliphatic rings. The van der Waals surface area contributed by atoms with Gasteiger partial charge in [0.05, 0.1) is 0 Å². The van der Waals surface area contributed by atoms with Crippen LogP contribution in [0.15, 0.2) is 35.6 Å². The summed E-state index contributed by atoms with van der Waals surface area (Å²) in [7, 11) is 0. The Bertz CT molecular complexity index is 582. The highest BCUT2D eigenvalue weighted by molar-refractivity contribution is 7.15. The third-order valence-electron chi connectivity index (χ3n) is 3.14. The van der Waals surface area contributed by atoms with Crippen LogP contribution in [0.4, 0.5) is 0 Å². The topological polar surface area (TPSA) is 61.7 Å². The van der Waals surface area contributed by atoms with Crippen molar-refractivity contribution in [2.45, 2.75) is 32.6 Å². The molecule has 1 heterocycles. The van der Waals surface area contributed by atoms with E-state index in [1.54, 1.807) is 11.3 Å². The molecule has 0 aliphatic carbocycles. The van der Waals surface area contributed by atoms with Gasteiger partial charge in [0, 0.05) is 28.1 Å². The summed E-state index contributed by atoms with van der Waals surface area (Å²) in [5, 5.41) is 4.64. The summed E-state index contributed by atoms with van der Waals surface area (Å²) in [6.07, 6.45) is 6.03. The van der Waals surface area contributed by atoms with Crippen LogP contribution < -0.4 is 0 Å². The first-order valence-electron chi connectivity index (χ1n) is 6.88. The fraction of sp³-hybridized carbons (Fsp3) is 0.400. The Morgan fingerprint density at radius 2 is 2.05 bits per heavy atom. The molecule has 0 bridgehead atoms. The van der Waals surface area contributed by atoms with Gasteiger partial charge in [0.1, 0.15) is 5.01 Å². The van der Waals surface area contributed by atoms with Crippen molar-refractivity contribution in [3.8, 4) is 10.6 Å². The summed E-state index contributed by atoms with van der Waals surface area (Å²) in [5.41, 5.74) is 10.7. The lowest BCUT2D eigenvalue weighted by Crippen LogP contribution is -1.87. The van der Waals surface area contributed by atoms with E-state index >= 15 is 0 Å². The van der Waals surface area contributed by atoms with Crippen LogP contribution in [0.2, 0.25) is 0 Å². The van der Waals surface area contributed by atoms with E-state index in [1.165, 1.54) is 16.0 Å². The molecule has 0 N–H and O–H groups in total. The smallest absolute Gasteiger partial charge is 0.123 e. The van der Waals surface area contributed by atoms with E-state index in [0.717, 1.165) is 30.7 Å². The molecule has 0 radical (unpaired) electrons. The minimum Gasteiger partial charge on any atom is -0.244 e. The van der Waals surface area contributed by atoms with Crippen LogP contribution in [0.25, 0.3) is 21.0 Å². The first-order valence-corrected chi connectivity index (χ1v) is 7.70. The van der Waals surface area contributed by atoms with Crippen molar-refractivity contribution in [1.82, 2.24) is 4.98 Å². The summed E-state index contributed by atoms with van der Waals surface area (Å²) in [6.45, 7) is 2.74. The fourth-order valence-corrected chi connectivity index (χ4v) is 2.83. The van der Waals surface area contributed by atoms with E-state index in [4.69, 9.17) is 5.53 Å². The molecule has 0 aliphatic heterocycles. The Morgan fingerprint density at radius 1 is 1.25 bits per heavy atom. The molecule has 0 saturated carbocycles. The Morgan fingerprint density at radius 3 is 2.70 bits per heavy atom. The quantitative estimate of drug-likeness (QED) is 0.305. The normalized spacial score (nSPS) is 10.2. The summed E-state index contributed by atoms with van der Waals surface area (Å²) in [5.74, 6) is 0. The largest absolute Gasteiger partial charge is 0.244 e. The molecule has 2 rings (SSSR count). The lowest BCUT2D eigenvalue weighted by atomic mass is 10.1.